The summed E-state index contributed by atoms with van der Waals surface area (Å²) in [6, 6.07) is 6.00. The lowest BCUT2D eigenvalue weighted by Gasteiger charge is -2.05. The Hall–Kier alpha value is -2.21. The molecule has 0 aliphatic carbocycles. The first-order chi connectivity index (χ1) is 8.92. The van der Waals surface area contributed by atoms with Crippen LogP contribution in [-0.2, 0) is 6.54 Å². The van der Waals surface area contributed by atoms with Crippen molar-refractivity contribution in [2.45, 2.75) is 6.54 Å². The van der Waals surface area contributed by atoms with Gasteiger partial charge in [-0.1, -0.05) is 0 Å². The molecule has 3 aromatic heterocycles. The summed E-state index contributed by atoms with van der Waals surface area (Å²) >= 11 is 1.70. The maximum absolute atomic E-state index is 4.32. The summed E-state index contributed by atoms with van der Waals surface area (Å²) in [5.41, 5.74) is 2.27. The van der Waals surface area contributed by atoms with Crippen molar-refractivity contribution in [2.75, 3.05) is 5.32 Å². The molecular formula is C12H11N5S. The molecule has 0 saturated heterocycles. The monoisotopic (exact) mass is 257 g/mol. The van der Waals surface area contributed by atoms with Crippen LogP contribution in [0.2, 0.25) is 0 Å². The number of hydrogen-bond acceptors (Lipinski definition) is 5. The number of hydrogen-bond donors (Lipinski definition) is 1. The van der Waals surface area contributed by atoms with Crippen molar-refractivity contribution in [1.29, 1.82) is 0 Å². The molecule has 3 rings (SSSR count). The van der Waals surface area contributed by atoms with Crippen LogP contribution in [0.4, 0.5) is 5.69 Å². The Morgan fingerprint density at radius 3 is 2.94 bits per heavy atom. The van der Waals surface area contributed by atoms with Crippen LogP contribution in [0.25, 0.3) is 5.82 Å². The first-order valence-electron chi connectivity index (χ1n) is 5.48. The average Bonchev–Trinajstić information content (AvgIpc) is 3.10. The van der Waals surface area contributed by atoms with E-state index < -0.39 is 0 Å². The molecule has 1 N–H and O–H groups in total. The molecule has 0 atom stereocenters. The third-order valence-corrected chi connectivity index (χ3v) is 3.21. The van der Waals surface area contributed by atoms with Crippen LogP contribution < -0.4 is 5.32 Å². The molecule has 0 unspecified atom stereocenters. The van der Waals surface area contributed by atoms with Gasteiger partial charge in [0.25, 0.3) is 0 Å². The predicted molar refractivity (Wildman–Crippen MR) is 70.8 cm³/mol. The molecule has 6 heteroatoms. The van der Waals surface area contributed by atoms with E-state index >= 15 is 0 Å². The van der Waals surface area contributed by atoms with E-state index in [0.29, 0.717) is 0 Å². The molecule has 3 aromatic rings. The van der Waals surface area contributed by atoms with Gasteiger partial charge in [0.2, 0.25) is 0 Å². The highest BCUT2D eigenvalue weighted by atomic mass is 32.1. The van der Waals surface area contributed by atoms with Gasteiger partial charge in [0.15, 0.2) is 5.82 Å². The van der Waals surface area contributed by atoms with Crippen molar-refractivity contribution in [3.63, 3.8) is 0 Å². The summed E-state index contributed by atoms with van der Waals surface area (Å²) in [5, 5.41) is 11.5. The number of thiophene rings is 1. The second-order valence-corrected chi connectivity index (χ2v) is 4.51. The zero-order valence-corrected chi connectivity index (χ0v) is 10.3. The van der Waals surface area contributed by atoms with E-state index in [1.807, 2.05) is 12.1 Å². The van der Waals surface area contributed by atoms with Gasteiger partial charge in [-0.2, -0.15) is 16.4 Å². The standard InChI is InChI=1S/C12H11N5S/c1-2-12(17-9-13-8-16-17)15-6-11(1)14-5-10-3-4-18-7-10/h1-4,6-9,14H,5H2. The Morgan fingerprint density at radius 2 is 2.28 bits per heavy atom. The van der Waals surface area contributed by atoms with Gasteiger partial charge in [0, 0.05) is 6.54 Å². The summed E-state index contributed by atoms with van der Waals surface area (Å²) in [4.78, 5) is 8.21. The van der Waals surface area contributed by atoms with Gasteiger partial charge in [-0.15, -0.1) is 0 Å². The first kappa shape index (κ1) is 10.9. The van der Waals surface area contributed by atoms with Crippen LogP contribution in [0, 0.1) is 0 Å². The Morgan fingerprint density at radius 1 is 1.28 bits per heavy atom. The third kappa shape index (κ3) is 2.38. The first-order valence-corrected chi connectivity index (χ1v) is 6.42. The number of rotatable bonds is 4. The van der Waals surface area contributed by atoms with Crippen molar-refractivity contribution in [2.24, 2.45) is 0 Å². The van der Waals surface area contributed by atoms with Gasteiger partial charge < -0.3 is 5.32 Å². The van der Waals surface area contributed by atoms with E-state index in [1.54, 1.807) is 28.5 Å². The van der Waals surface area contributed by atoms with Crippen molar-refractivity contribution in [3.8, 4) is 5.82 Å². The van der Waals surface area contributed by atoms with E-state index in [9.17, 15) is 0 Å². The van der Waals surface area contributed by atoms with Crippen LogP contribution in [-0.4, -0.2) is 19.7 Å². The van der Waals surface area contributed by atoms with Crippen molar-refractivity contribution >= 4 is 17.0 Å². The molecule has 0 aromatic carbocycles. The van der Waals surface area contributed by atoms with Crippen LogP contribution in [0.1, 0.15) is 5.56 Å². The van der Waals surface area contributed by atoms with E-state index in [-0.39, 0.29) is 0 Å². The minimum Gasteiger partial charge on any atom is -0.380 e. The smallest absolute Gasteiger partial charge is 0.155 e. The largest absolute Gasteiger partial charge is 0.380 e. The fourth-order valence-electron chi connectivity index (χ4n) is 1.55. The molecule has 0 bridgehead atoms. The highest BCUT2D eigenvalue weighted by molar-refractivity contribution is 7.07. The lowest BCUT2D eigenvalue weighted by molar-refractivity contribution is 0.845. The zero-order chi connectivity index (χ0) is 12.2. The molecule has 0 radical (unpaired) electrons. The van der Waals surface area contributed by atoms with E-state index in [2.05, 4.69) is 37.2 Å². The second-order valence-electron chi connectivity index (χ2n) is 3.73. The number of pyridine rings is 1. The molecule has 0 aliphatic rings. The van der Waals surface area contributed by atoms with Gasteiger partial charge >= 0.3 is 0 Å². The summed E-state index contributed by atoms with van der Waals surface area (Å²) in [6.45, 7) is 0.813. The summed E-state index contributed by atoms with van der Waals surface area (Å²) < 4.78 is 1.63. The topological polar surface area (TPSA) is 55.6 Å². The Labute approximate surface area is 108 Å². The lowest BCUT2D eigenvalue weighted by atomic mass is 10.3. The van der Waals surface area contributed by atoms with Gasteiger partial charge in [-0.25, -0.2) is 14.6 Å². The maximum atomic E-state index is 4.32. The number of aromatic nitrogens is 4. The molecule has 0 fully saturated rings. The summed E-state index contributed by atoms with van der Waals surface area (Å²) in [7, 11) is 0. The molecule has 5 nitrogen and oxygen atoms in total. The van der Waals surface area contributed by atoms with Gasteiger partial charge in [0.05, 0.1) is 11.9 Å². The molecular weight excluding hydrogens is 246 g/mol. The predicted octanol–water partition coefficient (Wildman–Crippen LogP) is 2.34. The van der Waals surface area contributed by atoms with E-state index in [0.717, 1.165) is 18.1 Å². The minimum absolute atomic E-state index is 0.758. The van der Waals surface area contributed by atoms with Crippen LogP contribution in [0.15, 0.2) is 47.8 Å². The van der Waals surface area contributed by atoms with Crippen LogP contribution in [0.3, 0.4) is 0 Å². The fraction of sp³-hybridized carbons (Fsp3) is 0.0833. The second kappa shape index (κ2) is 4.97. The van der Waals surface area contributed by atoms with Crippen LogP contribution >= 0.6 is 11.3 Å². The average molecular weight is 257 g/mol. The number of anilines is 1. The van der Waals surface area contributed by atoms with E-state index in [4.69, 9.17) is 0 Å². The molecule has 0 amide bonds. The van der Waals surface area contributed by atoms with Gasteiger partial charge in [-0.3, -0.25) is 0 Å². The SMILES string of the molecule is c1ncn(-c2ccc(NCc3ccsc3)cn2)n1. The van der Waals surface area contributed by atoms with Gasteiger partial charge in [-0.05, 0) is 34.5 Å². The minimum atomic E-state index is 0.758. The number of nitrogens with zero attached hydrogens (tertiary/aromatic N) is 4. The fourth-order valence-corrected chi connectivity index (χ4v) is 2.22. The normalized spacial score (nSPS) is 10.4. The molecule has 0 saturated carbocycles. The van der Waals surface area contributed by atoms with Crippen LogP contribution in [0.5, 0.6) is 0 Å². The lowest BCUT2D eigenvalue weighted by Crippen LogP contribution is -2.01. The zero-order valence-electron chi connectivity index (χ0n) is 9.52. The van der Waals surface area contributed by atoms with Crippen molar-refractivity contribution in [1.82, 2.24) is 19.7 Å². The van der Waals surface area contributed by atoms with Crippen molar-refractivity contribution < 1.29 is 0 Å². The Balaban J connectivity index is 1.68. The molecule has 3 heterocycles. The molecule has 0 spiro atoms. The Bertz CT molecular complexity index is 586. The van der Waals surface area contributed by atoms with Gasteiger partial charge in [0.1, 0.15) is 12.7 Å². The molecule has 90 valence electrons. The third-order valence-electron chi connectivity index (χ3n) is 2.48. The maximum Gasteiger partial charge on any atom is 0.155 e. The Kier molecular flexibility index (Phi) is 3.01. The summed E-state index contributed by atoms with van der Waals surface area (Å²) in [5.74, 6) is 0.758. The molecule has 0 aliphatic heterocycles. The summed E-state index contributed by atoms with van der Waals surface area (Å²) in [6.07, 6.45) is 4.91. The number of nitrogens with one attached hydrogen (secondary N) is 1. The quantitative estimate of drug-likeness (QED) is 0.779. The molecule has 18 heavy (non-hydrogen) atoms. The van der Waals surface area contributed by atoms with E-state index in [1.165, 1.54) is 11.9 Å². The highest BCUT2D eigenvalue weighted by Gasteiger charge is 1.99. The highest BCUT2D eigenvalue weighted by Crippen LogP contribution is 2.12. The van der Waals surface area contributed by atoms with Crippen molar-refractivity contribution in [3.05, 3.63) is 53.4 Å².